The van der Waals surface area contributed by atoms with E-state index in [4.69, 9.17) is 11.6 Å². The molecule has 0 aliphatic heterocycles. The van der Waals surface area contributed by atoms with Crippen LogP contribution in [0.15, 0.2) is 66.9 Å². The lowest BCUT2D eigenvalue weighted by Crippen LogP contribution is -2.14. The molecular weight excluding hydrogens is 332 g/mol. The minimum atomic E-state index is -0.0299. The van der Waals surface area contributed by atoms with Gasteiger partial charge in [-0.2, -0.15) is 0 Å². The fourth-order valence-corrected chi connectivity index (χ4v) is 3.39. The largest absolute Gasteiger partial charge is 0.350 e. The quantitative estimate of drug-likeness (QED) is 0.544. The number of nitrogens with zero attached hydrogens (tertiary/aromatic N) is 1. The number of halogens is 1. The molecule has 0 saturated heterocycles. The molecule has 3 nitrogen and oxygen atoms in total. The number of aryl methyl sites for hydroxylation is 1. The Hall–Kier alpha value is -2.78. The van der Waals surface area contributed by atoms with E-state index in [2.05, 4.69) is 11.4 Å². The number of carbonyl (C=O) groups is 1. The summed E-state index contributed by atoms with van der Waals surface area (Å²) in [6, 6.07) is 19.8. The Morgan fingerprint density at radius 1 is 1.04 bits per heavy atom. The van der Waals surface area contributed by atoms with Gasteiger partial charge in [-0.15, -0.1) is 0 Å². The van der Waals surface area contributed by atoms with Gasteiger partial charge in [0.25, 0.3) is 0 Å². The third-order valence-corrected chi connectivity index (χ3v) is 4.65. The minimum absolute atomic E-state index is 0.0299. The van der Waals surface area contributed by atoms with Crippen molar-refractivity contribution in [3.8, 4) is 0 Å². The van der Waals surface area contributed by atoms with Crippen LogP contribution >= 0.6 is 11.6 Å². The Balaban J connectivity index is 1.57. The molecule has 4 rings (SSSR count). The number of nitrogens with one attached hydrogen (secondary N) is 1. The third-order valence-electron chi connectivity index (χ3n) is 4.42. The Bertz CT molecular complexity index is 1100. The Labute approximate surface area is 150 Å². The summed E-state index contributed by atoms with van der Waals surface area (Å²) in [4.78, 5) is 12.5. The van der Waals surface area contributed by atoms with E-state index in [0.29, 0.717) is 11.4 Å². The molecule has 0 fully saturated rings. The van der Waals surface area contributed by atoms with E-state index in [9.17, 15) is 4.79 Å². The first kappa shape index (κ1) is 15.7. The molecule has 25 heavy (non-hydrogen) atoms. The highest BCUT2D eigenvalue weighted by Crippen LogP contribution is 2.25. The number of aromatic nitrogens is 1. The Morgan fingerprint density at radius 3 is 2.68 bits per heavy atom. The fourth-order valence-electron chi connectivity index (χ4n) is 3.23. The molecule has 1 heterocycles. The lowest BCUT2D eigenvalue weighted by Gasteiger charge is -2.06. The SMILES string of the molecule is Cn1cc(CC(=O)Nc2ccc3ccccc3c2)c2ccc(Cl)cc21. The van der Waals surface area contributed by atoms with Crippen LogP contribution in [-0.4, -0.2) is 10.5 Å². The van der Waals surface area contributed by atoms with Gasteiger partial charge in [0.15, 0.2) is 0 Å². The van der Waals surface area contributed by atoms with Crippen molar-refractivity contribution in [1.82, 2.24) is 4.57 Å². The number of carbonyl (C=O) groups excluding carboxylic acids is 1. The molecule has 0 saturated carbocycles. The van der Waals surface area contributed by atoms with Crippen LogP contribution in [0.2, 0.25) is 5.02 Å². The minimum Gasteiger partial charge on any atom is -0.350 e. The van der Waals surface area contributed by atoms with Gasteiger partial charge in [-0.3, -0.25) is 4.79 Å². The second-order valence-electron chi connectivity index (χ2n) is 6.21. The smallest absolute Gasteiger partial charge is 0.228 e. The molecule has 0 atom stereocenters. The molecule has 4 heteroatoms. The maximum atomic E-state index is 12.5. The molecule has 4 aromatic rings. The number of fused-ring (bicyclic) bond motifs is 2. The highest BCUT2D eigenvalue weighted by molar-refractivity contribution is 6.31. The van der Waals surface area contributed by atoms with Crippen molar-refractivity contribution in [3.63, 3.8) is 0 Å². The van der Waals surface area contributed by atoms with Gasteiger partial charge < -0.3 is 9.88 Å². The molecule has 124 valence electrons. The van der Waals surface area contributed by atoms with Crippen molar-refractivity contribution in [2.45, 2.75) is 6.42 Å². The predicted octanol–water partition coefficient (Wildman–Crippen LogP) is 5.17. The molecule has 3 aromatic carbocycles. The van der Waals surface area contributed by atoms with Gasteiger partial charge in [-0.25, -0.2) is 0 Å². The first-order chi connectivity index (χ1) is 12.1. The summed E-state index contributed by atoms with van der Waals surface area (Å²) < 4.78 is 2.00. The van der Waals surface area contributed by atoms with E-state index in [-0.39, 0.29) is 5.91 Å². The van der Waals surface area contributed by atoms with Crippen molar-refractivity contribution >= 4 is 44.9 Å². The van der Waals surface area contributed by atoms with Crippen LogP contribution in [0.25, 0.3) is 21.7 Å². The number of amides is 1. The monoisotopic (exact) mass is 348 g/mol. The normalized spacial score (nSPS) is 11.1. The van der Waals surface area contributed by atoms with Gasteiger partial charge in [0.2, 0.25) is 5.91 Å². The van der Waals surface area contributed by atoms with E-state index in [0.717, 1.165) is 32.9 Å². The van der Waals surface area contributed by atoms with E-state index in [1.54, 1.807) is 0 Å². The summed E-state index contributed by atoms with van der Waals surface area (Å²) in [7, 11) is 1.96. The molecule has 0 aliphatic rings. The Morgan fingerprint density at radius 2 is 1.84 bits per heavy atom. The van der Waals surface area contributed by atoms with Gasteiger partial charge in [0.05, 0.1) is 6.42 Å². The fraction of sp³-hybridized carbons (Fsp3) is 0.0952. The highest BCUT2D eigenvalue weighted by Gasteiger charge is 2.11. The molecule has 1 amide bonds. The van der Waals surface area contributed by atoms with Gasteiger partial charge in [0.1, 0.15) is 0 Å². The summed E-state index contributed by atoms with van der Waals surface area (Å²) in [6.07, 6.45) is 2.31. The van der Waals surface area contributed by atoms with Crippen LogP contribution in [0.1, 0.15) is 5.56 Å². The molecule has 0 spiro atoms. The lowest BCUT2D eigenvalue weighted by atomic mass is 10.1. The Kier molecular flexibility index (Phi) is 3.94. The summed E-state index contributed by atoms with van der Waals surface area (Å²) >= 11 is 6.07. The van der Waals surface area contributed by atoms with Crippen molar-refractivity contribution in [2.24, 2.45) is 7.05 Å². The van der Waals surface area contributed by atoms with E-state index >= 15 is 0 Å². The van der Waals surface area contributed by atoms with Crippen molar-refractivity contribution in [1.29, 1.82) is 0 Å². The lowest BCUT2D eigenvalue weighted by molar-refractivity contribution is -0.115. The summed E-state index contributed by atoms with van der Waals surface area (Å²) in [5.74, 6) is -0.0299. The van der Waals surface area contributed by atoms with E-state index < -0.39 is 0 Å². The topological polar surface area (TPSA) is 34.0 Å². The van der Waals surface area contributed by atoms with Gasteiger partial charge in [0, 0.05) is 34.9 Å². The number of hydrogen-bond acceptors (Lipinski definition) is 1. The first-order valence-corrected chi connectivity index (χ1v) is 8.50. The first-order valence-electron chi connectivity index (χ1n) is 8.12. The number of hydrogen-bond donors (Lipinski definition) is 1. The van der Waals surface area contributed by atoms with E-state index in [1.165, 1.54) is 0 Å². The van der Waals surface area contributed by atoms with Crippen molar-refractivity contribution < 1.29 is 4.79 Å². The zero-order valence-corrected chi connectivity index (χ0v) is 14.5. The van der Waals surface area contributed by atoms with E-state index in [1.807, 2.05) is 72.4 Å². The average Bonchev–Trinajstić information content (AvgIpc) is 2.90. The molecule has 1 aromatic heterocycles. The van der Waals surface area contributed by atoms with Gasteiger partial charge >= 0.3 is 0 Å². The molecule has 0 unspecified atom stereocenters. The van der Waals surface area contributed by atoms with Crippen LogP contribution in [0.5, 0.6) is 0 Å². The maximum Gasteiger partial charge on any atom is 0.228 e. The van der Waals surface area contributed by atoms with Crippen LogP contribution in [0.3, 0.4) is 0 Å². The number of anilines is 1. The molecule has 0 bridgehead atoms. The van der Waals surface area contributed by atoms with Crippen LogP contribution in [0, 0.1) is 0 Å². The van der Waals surface area contributed by atoms with Crippen molar-refractivity contribution in [2.75, 3.05) is 5.32 Å². The molecule has 1 N–H and O–H groups in total. The molecular formula is C21H17ClN2O. The highest BCUT2D eigenvalue weighted by atomic mass is 35.5. The molecule has 0 radical (unpaired) electrons. The second kappa shape index (κ2) is 6.26. The van der Waals surface area contributed by atoms with Gasteiger partial charge in [-0.05, 0) is 40.6 Å². The van der Waals surface area contributed by atoms with Crippen LogP contribution in [-0.2, 0) is 18.3 Å². The summed E-state index contributed by atoms with van der Waals surface area (Å²) in [5.41, 5.74) is 2.83. The number of rotatable bonds is 3. The predicted molar refractivity (Wildman–Crippen MR) is 104 cm³/mol. The molecule has 0 aliphatic carbocycles. The zero-order valence-electron chi connectivity index (χ0n) is 13.8. The summed E-state index contributed by atoms with van der Waals surface area (Å²) in [6.45, 7) is 0. The van der Waals surface area contributed by atoms with Crippen molar-refractivity contribution in [3.05, 3.63) is 77.4 Å². The van der Waals surface area contributed by atoms with Crippen LogP contribution < -0.4 is 5.32 Å². The van der Waals surface area contributed by atoms with Crippen LogP contribution in [0.4, 0.5) is 5.69 Å². The van der Waals surface area contributed by atoms with Gasteiger partial charge in [-0.1, -0.05) is 48.0 Å². The maximum absolute atomic E-state index is 12.5. The third kappa shape index (κ3) is 3.11. The zero-order chi connectivity index (χ0) is 17.4. The number of benzene rings is 3. The standard InChI is InChI=1S/C21H17ClN2O/c1-24-13-16(19-9-7-17(22)12-20(19)24)11-21(25)23-18-8-6-14-4-2-3-5-15(14)10-18/h2-10,12-13H,11H2,1H3,(H,23,25). The summed E-state index contributed by atoms with van der Waals surface area (Å²) in [5, 5.41) is 7.01. The second-order valence-corrected chi connectivity index (χ2v) is 6.65. The average molecular weight is 349 g/mol.